The van der Waals surface area contributed by atoms with Crippen molar-refractivity contribution in [3.8, 4) is 0 Å². The van der Waals surface area contributed by atoms with Crippen molar-refractivity contribution in [2.45, 2.75) is 20.3 Å². The SMILES string of the molecule is CC/C=C(\C)C(=O)Nc1cc(N)ccc1F. The second-order valence-electron chi connectivity index (χ2n) is 3.49. The highest BCUT2D eigenvalue weighted by Crippen LogP contribution is 2.18. The van der Waals surface area contributed by atoms with Gasteiger partial charge in [-0.05, 0) is 31.5 Å². The molecule has 3 nitrogen and oxygen atoms in total. The van der Waals surface area contributed by atoms with Crippen molar-refractivity contribution in [3.05, 3.63) is 35.7 Å². The third-order valence-corrected chi connectivity index (χ3v) is 2.11. The van der Waals surface area contributed by atoms with Crippen molar-refractivity contribution in [2.24, 2.45) is 0 Å². The number of anilines is 2. The van der Waals surface area contributed by atoms with Gasteiger partial charge in [0.1, 0.15) is 5.82 Å². The Morgan fingerprint density at radius 1 is 1.56 bits per heavy atom. The van der Waals surface area contributed by atoms with Crippen molar-refractivity contribution < 1.29 is 9.18 Å². The summed E-state index contributed by atoms with van der Waals surface area (Å²) in [4.78, 5) is 11.6. The van der Waals surface area contributed by atoms with Crippen LogP contribution in [0, 0.1) is 5.82 Å². The Labute approximate surface area is 94.1 Å². The Balaban J connectivity index is 2.84. The summed E-state index contributed by atoms with van der Waals surface area (Å²) < 4.78 is 13.3. The molecule has 0 aromatic heterocycles. The largest absolute Gasteiger partial charge is 0.399 e. The number of nitrogens with two attached hydrogens (primary N) is 1. The molecule has 0 aliphatic heterocycles. The highest BCUT2D eigenvalue weighted by atomic mass is 19.1. The number of hydrogen-bond donors (Lipinski definition) is 2. The molecular weight excluding hydrogens is 207 g/mol. The monoisotopic (exact) mass is 222 g/mol. The molecule has 1 aromatic carbocycles. The summed E-state index contributed by atoms with van der Waals surface area (Å²) in [5.74, 6) is -0.807. The van der Waals surface area contributed by atoms with Gasteiger partial charge in [-0.25, -0.2) is 4.39 Å². The predicted molar refractivity (Wildman–Crippen MR) is 63.5 cm³/mol. The number of benzene rings is 1. The van der Waals surface area contributed by atoms with Crippen molar-refractivity contribution >= 4 is 17.3 Å². The maximum absolute atomic E-state index is 13.3. The van der Waals surface area contributed by atoms with Crippen molar-refractivity contribution in [2.75, 3.05) is 11.1 Å². The van der Waals surface area contributed by atoms with Crippen molar-refractivity contribution in [1.29, 1.82) is 0 Å². The molecule has 16 heavy (non-hydrogen) atoms. The molecule has 0 radical (unpaired) electrons. The van der Waals surface area contributed by atoms with E-state index >= 15 is 0 Å². The highest BCUT2D eigenvalue weighted by Gasteiger charge is 2.08. The topological polar surface area (TPSA) is 55.1 Å². The van der Waals surface area contributed by atoms with E-state index in [0.29, 0.717) is 11.3 Å². The number of nitrogen functional groups attached to an aromatic ring is 1. The summed E-state index contributed by atoms with van der Waals surface area (Å²) in [5, 5.41) is 2.47. The molecule has 4 heteroatoms. The number of allylic oxidation sites excluding steroid dienone is 1. The van der Waals surface area contributed by atoms with Gasteiger partial charge in [0.15, 0.2) is 0 Å². The minimum absolute atomic E-state index is 0.105. The van der Waals surface area contributed by atoms with E-state index in [9.17, 15) is 9.18 Å². The van der Waals surface area contributed by atoms with E-state index in [4.69, 9.17) is 5.73 Å². The zero-order valence-electron chi connectivity index (χ0n) is 9.38. The normalized spacial score (nSPS) is 11.3. The summed E-state index contributed by atoms with van der Waals surface area (Å²) in [6.45, 7) is 3.61. The van der Waals surface area contributed by atoms with Gasteiger partial charge in [0, 0.05) is 11.3 Å². The van der Waals surface area contributed by atoms with Crippen LogP contribution < -0.4 is 11.1 Å². The molecule has 1 amide bonds. The number of carbonyl (C=O) groups excluding carboxylic acids is 1. The first kappa shape index (κ1) is 12.2. The van der Waals surface area contributed by atoms with Crippen LogP contribution in [0.5, 0.6) is 0 Å². The van der Waals surface area contributed by atoms with Crippen molar-refractivity contribution in [1.82, 2.24) is 0 Å². The molecule has 0 bridgehead atoms. The third kappa shape index (κ3) is 3.08. The molecule has 1 rings (SSSR count). The zero-order valence-corrected chi connectivity index (χ0v) is 9.38. The van der Waals surface area contributed by atoms with E-state index in [0.717, 1.165) is 6.42 Å². The second kappa shape index (κ2) is 5.30. The van der Waals surface area contributed by atoms with Gasteiger partial charge in [0.2, 0.25) is 0 Å². The molecule has 0 fully saturated rings. The number of nitrogens with one attached hydrogen (secondary N) is 1. The molecule has 1 aromatic rings. The first-order valence-electron chi connectivity index (χ1n) is 5.07. The average molecular weight is 222 g/mol. The Morgan fingerprint density at radius 2 is 2.25 bits per heavy atom. The number of hydrogen-bond acceptors (Lipinski definition) is 2. The van der Waals surface area contributed by atoms with E-state index in [2.05, 4.69) is 5.32 Å². The smallest absolute Gasteiger partial charge is 0.251 e. The van der Waals surface area contributed by atoms with E-state index in [1.807, 2.05) is 6.92 Å². The van der Waals surface area contributed by atoms with Gasteiger partial charge in [-0.15, -0.1) is 0 Å². The van der Waals surface area contributed by atoms with Crippen molar-refractivity contribution in [3.63, 3.8) is 0 Å². The van der Waals surface area contributed by atoms with Crippen LogP contribution in [0.25, 0.3) is 0 Å². The quantitative estimate of drug-likeness (QED) is 0.610. The fourth-order valence-electron chi connectivity index (χ4n) is 1.26. The standard InChI is InChI=1S/C12H15FN2O/c1-3-4-8(2)12(16)15-11-7-9(14)5-6-10(11)13/h4-7H,3,14H2,1-2H3,(H,15,16)/b8-4+. The number of carbonyl (C=O) groups is 1. The van der Waals surface area contributed by atoms with Crippen LogP contribution in [0.1, 0.15) is 20.3 Å². The summed E-state index contributed by atoms with van der Waals surface area (Å²) in [5.41, 5.74) is 6.58. The number of rotatable bonds is 3. The molecule has 0 spiro atoms. The van der Waals surface area contributed by atoms with Crippen LogP contribution in [-0.4, -0.2) is 5.91 Å². The Kier molecular flexibility index (Phi) is 4.05. The molecule has 86 valence electrons. The van der Waals surface area contributed by atoms with E-state index < -0.39 is 5.82 Å². The van der Waals surface area contributed by atoms with Crippen LogP contribution in [0.2, 0.25) is 0 Å². The fraction of sp³-hybridized carbons (Fsp3) is 0.250. The first-order valence-corrected chi connectivity index (χ1v) is 5.07. The van der Waals surface area contributed by atoms with Crippen LogP contribution in [-0.2, 0) is 4.79 Å². The lowest BCUT2D eigenvalue weighted by molar-refractivity contribution is -0.112. The molecule has 0 unspecified atom stereocenters. The average Bonchev–Trinajstić information content (AvgIpc) is 2.23. The number of halogens is 1. The fourth-order valence-corrected chi connectivity index (χ4v) is 1.26. The molecular formula is C12H15FN2O. The van der Waals surface area contributed by atoms with Gasteiger partial charge in [-0.3, -0.25) is 4.79 Å². The first-order chi connectivity index (χ1) is 7.54. The lowest BCUT2D eigenvalue weighted by Gasteiger charge is -2.07. The molecule has 0 atom stereocenters. The maximum Gasteiger partial charge on any atom is 0.251 e. The van der Waals surface area contributed by atoms with Gasteiger partial charge >= 0.3 is 0 Å². The van der Waals surface area contributed by atoms with Gasteiger partial charge < -0.3 is 11.1 Å². The summed E-state index contributed by atoms with van der Waals surface area (Å²) >= 11 is 0. The molecule has 0 aliphatic carbocycles. The van der Waals surface area contributed by atoms with E-state index in [1.165, 1.54) is 18.2 Å². The van der Waals surface area contributed by atoms with Gasteiger partial charge in [0.25, 0.3) is 5.91 Å². The highest BCUT2D eigenvalue weighted by molar-refractivity contribution is 6.03. The second-order valence-corrected chi connectivity index (χ2v) is 3.49. The number of amides is 1. The van der Waals surface area contributed by atoms with E-state index in [1.54, 1.807) is 13.0 Å². The van der Waals surface area contributed by atoms with Crippen LogP contribution in [0.3, 0.4) is 0 Å². The summed E-state index contributed by atoms with van der Waals surface area (Å²) in [6, 6.07) is 4.07. The molecule has 0 aliphatic rings. The molecule has 0 heterocycles. The lowest BCUT2D eigenvalue weighted by Crippen LogP contribution is -2.13. The molecule has 0 saturated carbocycles. The predicted octanol–water partition coefficient (Wildman–Crippen LogP) is 2.70. The third-order valence-electron chi connectivity index (χ3n) is 2.11. The van der Waals surface area contributed by atoms with Gasteiger partial charge in [-0.1, -0.05) is 13.0 Å². The molecule has 0 saturated heterocycles. The Bertz CT molecular complexity index is 427. The lowest BCUT2D eigenvalue weighted by atomic mass is 10.2. The van der Waals surface area contributed by atoms with Crippen LogP contribution in [0.4, 0.5) is 15.8 Å². The summed E-state index contributed by atoms with van der Waals surface area (Å²) in [7, 11) is 0. The maximum atomic E-state index is 13.3. The summed E-state index contributed by atoms with van der Waals surface area (Å²) in [6.07, 6.45) is 2.54. The molecule has 3 N–H and O–H groups in total. The zero-order chi connectivity index (χ0) is 12.1. The Hall–Kier alpha value is -1.84. The van der Waals surface area contributed by atoms with Gasteiger partial charge in [0.05, 0.1) is 5.69 Å². The minimum Gasteiger partial charge on any atom is -0.399 e. The Morgan fingerprint density at radius 3 is 2.88 bits per heavy atom. The van der Waals surface area contributed by atoms with E-state index in [-0.39, 0.29) is 11.6 Å². The van der Waals surface area contributed by atoms with Gasteiger partial charge in [-0.2, -0.15) is 0 Å². The van der Waals surface area contributed by atoms with Crippen LogP contribution in [0.15, 0.2) is 29.8 Å². The van der Waals surface area contributed by atoms with Crippen LogP contribution >= 0.6 is 0 Å². The minimum atomic E-state index is -0.494.